The van der Waals surface area contributed by atoms with Crippen molar-refractivity contribution in [3.63, 3.8) is 0 Å². The Balaban J connectivity index is 0.000000929. The van der Waals surface area contributed by atoms with E-state index in [1.807, 2.05) is 0 Å². The number of allylic oxidation sites excluding steroid dienone is 1. The number of aliphatic hydroxyl groups is 5. The van der Waals surface area contributed by atoms with Crippen LogP contribution in [0, 0.1) is 46.3 Å². The fraction of sp³-hybridized carbons (Fsp3) is 0.848. The van der Waals surface area contributed by atoms with Crippen LogP contribution in [0.25, 0.3) is 0 Å². The van der Waals surface area contributed by atoms with E-state index < -0.39 is 44.1 Å². The number of carbonyl (C=O) groups is 1. The van der Waals surface area contributed by atoms with Gasteiger partial charge < -0.3 is 49.5 Å². The van der Waals surface area contributed by atoms with Crippen LogP contribution in [0.1, 0.15) is 105 Å². The molecule has 0 spiro atoms. The Kier molecular flexibility index (Phi) is 21.5. The predicted octanol–water partition coefficient (Wildman–Crippen LogP) is -5.83. The number of cyclic esters (lactones) is 1. The topological polar surface area (TPSA) is 214 Å². The summed E-state index contributed by atoms with van der Waals surface area (Å²) < 4.78 is 12.9. The van der Waals surface area contributed by atoms with Gasteiger partial charge in [-0.1, -0.05) is 65.5 Å². The molecular formula is C33H54Na3O11P. The number of esters is 1. The van der Waals surface area contributed by atoms with Crippen molar-refractivity contribution in [1.29, 1.82) is 0 Å². The van der Waals surface area contributed by atoms with Gasteiger partial charge in [0, 0.05) is 0 Å². The number of ether oxygens (including phenoxy) is 1. The number of hydrogen-bond acceptors (Lipinski definition) is 11. The van der Waals surface area contributed by atoms with Crippen molar-refractivity contribution in [2.24, 2.45) is 46.3 Å². The summed E-state index contributed by atoms with van der Waals surface area (Å²) in [6.07, 6.45) is 14.4. The summed E-state index contributed by atoms with van der Waals surface area (Å²) in [6, 6.07) is 0. The standard InChI is InChI=1S/C27H46O.C6H8O6.3Na.H3O4P/c1-18(2)7-6-8-19(3)23-11-12-24-22-10-9-20-17-21(28)13-15-26(20,4)25(22)14-16-27(23,24)5;7-1-2(8)5-3(9)4(10)6(11)12-5;;;;1-5(2,3)4/h9,18-19,21-25,28H,6-8,10-17H2,1-5H3;2,5,7-10H,1H2;;;;(H3,1,2,3,4)/q;;3*+1;/p-3/t19-,21?,22?,23-,24?,25?,26+,27-;2-,5+;;;;/m10..../s1. The van der Waals surface area contributed by atoms with Crippen LogP contribution in [-0.2, 0) is 14.1 Å². The summed E-state index contributed by atoms with van der Waals surface area (Å²) in [4.78, 5) is 36.2. The van der Waals surface area contributed by atoms with Crippen molar-refractivity contribution in [1.82, 2.24) is 0 Å². The van der Waals surface area contributed by atoms with Crippen molar-refractivity contribution >= 4 is 13.8 Å². The molecule has 1 aliphatic heterocycles. The van der Waals surface area contributed by atoms with Gasteiger partial charge in [0.15, 0.2) is 11.9 Å². The summed E-state index contributed by atoms with van der Waals surface area (Å²) in [5, 5.41) is 45.3. The van der Waals surface area contributed by atoms with Gasteiger partial charge in [0.1, 0.15) is 6.10 Å². The molecule has 0 aromatic heterocycles. The first-order valence-electron chi connectivity index (χ1n) is 16.6. The molecule has 0 aromatic carbocycles. The molecule has 3 saturated carbocycles. The van der Waals surface area contributed by atoms with Crippen molar-refractivity contribution in [2.75, 3.05) is 6.61 Å². The number of aliphatic hydroxyl groups excluding tert-OH is 5. The summed E-state index contributed by atoms with van der Waals surface area (Å²) in [6.45, 7) is 11.9. The molecule has 0 bridgehead atoms. The Morgan fingerprint density at radius 3 is 2.10 bits per heavy atom. The second-order valence-corrected chi connectivity index (χ2v) is 15.8. The Morgan fingerprint density at radius 2 is 1.58 bits per heavy atom. The molecule has 48 heavy (non-hydrogen) atoms. The van der Waals surface area contributed by atoms with Crippen LogP contribution in [0.2, 0.25) is 0 Å². The van der Waals surface area contributed by atoms with Crippen LogP contribution in [0.4, 0.5) is 0 Å². The van der Waals surface area contributed by atoms with Crippen molar-refractivity contribution < 1.29 is 143 Å². The minimum atomic E-state index is -5.39. The van der Waals surface area contributed by atoms with Gasteiger partial charge in [-0.25, -0.2) is 4.79 Å². The molecule has 4 aliphatic carbocycles. The SMILES string of the molecule is CC(C)CCC[C@@H](C)[C@H]1CCC2C3CC=C4CC(O)CC[C@]4(C)C3CC[C@@]21C.O=C1O[C@H]([C@@H](O)CO)C(O)=C1O.O=P([O-])([O-])[O-].[Na+].[Na+].[Na+]. The number of phosphoric acid groups is 1. The molecule has 10 atom stereocenters. The van der Waals surface area contributed by atoms with Crippen LogP contribution in [0.15, 0.2) is 23.2 Å². The quantitative estimate of drug-likeness (QED) is 0.0722. The Morgan fingerprint density at radius 1 is 0.979 bits per heavy atom. The molecule has 11 nitrogen and oxygen atoms in total. The van der Waals surface area contributed by atoms with E-state index in [2.05, 4.69) is 45.4 Å². The van der Waals surface area contributed by atoms with Crippen LogP contribution in [0.5, 0.6) is 0 Å². The first-order valence-corrected chi connectivity index (χ1v) is 18.0. The molecular weight excluding hydrogens is 672 g/mol. The number of carbonyl (C=O) groups excluding carboxylic acids is 1. The number of rotatable bonds is 7. The van der Waals surface area contributed by atoms with Gasteiger partial charge in [0.05, 0.1) is 12.7 Å². The van der Waals surface area contributed by atoms with Crippen molar-refractivity contribution in [2.45, 2.75) is 124 Å². The average molecular weight is 727 g/mol. The van der Waals surface area contributed by atoms with Crippen LogP contribution in [-0.4, -0.2) is 56.4 Å². The largest absolute Gasteiger partial charge is 1.00 e. The minimum Gasteiger partial charge on any atom is -0.822 e. The van der Waals surface area contributed by atoms with Crippen LogP contribution in [0.3, 0.4) is 0 Å². The second-order valence-electron chi connectivity index (χ2n) is 14.9. The van der Waals surface area contributed by atoms with E-state index in [0.29, 0.717) is 10.8 Å². The molecule has 5 aliphatic rings. The molecule has 5 rings (SSSR count). The maximum absolute atomic E-state index is 10.5. The number of hydrogen-bond donors (Lipinski definition) is 5. The van der Waals surface area contributed by atoms with Gasteiger partial charge >= 0.3 is 94.6 Å². The Bertz CT molecular complexity index is 1140. The summed E-state index contributed by atoms with van der Waals surface area (Å²) in [5.41, 5.74) is 2.60. The van der Waals surface area contributed by atoms with Crippen LogP contribution >= 0.6 is 7.82 Å². The van der Waals surface area contributed by atoms with Gasteiger partial charge in [-0.05, 0) is 97.7 Å². The smallest absolute Gasteiger partial charge is 0.822 e. The van der Waals surface area contributed by atoms with Crippen molar-refractivity contribution in [3.05, 3.63) is 23.2 Å². The van der Waals surface area contributed by atoms with Gasteiger partial charge in [-0.2, -0.15) is 7.82 Å². The summed E-state index contributed by atoms with van der Waals surface area (Å²) in [7, 11) is -5.39. The van der Waals surface area contributed by atoms with Gasteiger partial charge in [0.2, 0.25) is 5.76 Å². The van der Waals surface area contributed by atoms with Crippen LogP contribution < -0.4 is 103 Å². The van der Waals surface area contributed by atoms with E-state index in [4.69, 9.17) is 39.7 Å². The molecule has 0 amide bonds. The molecule has 260 valence electrons. The summed E-state index contributed by atoms with van der Waals surface area (Å²) >= 11 is 0. The Hall–Kier alpha value is 1.54. The summed E-state index contributed by atoms with van der Waals surface area (Å²) in [5.74, 6) is 2.68. The maximum atomic E-state index is 10.5. The first-order chi connectivity index (χ1) is 20.8. The third kappa shape index (κ3) is 12.3. The predicted molar refractivity (Wildman–Crippen MR) is 162 cm³/mol. The van der Waals surface area contributed by atoms with E-state index in [1.165, 1.54) is 57.8 Å². The minimum absolute atomic E-state index is 0. The third-order valence-electron chi connectivity index (χ3n) is 11.8. The Labute approximate surface area is 352 Å². The zero-order valence-electron chi connectivity index (χ0n) is 30.4. The van der Waals surface area contributed by atoms with Crippen molar-refractivity contribution in [3.8, 4) is 0 Å². The molecule has 1 heterocycles. The van der Waals surface area contributed by atoms with E-state index in [9.17, 15) is 9.90 Å². The fourth-order valence-corrected chi connectivity index (χ4v) is 9.49. The molecule has 4 unspecified atom stereocenters. The van der Waals surface area contributed by atoms with Gasteiger partial charge in [-0.15, -0.1) is 0 Å². The molecule has 15 heteroatoms. The molecule has 3 fully saturated rings. The molecule has 5 N–H and O–H groups in total. The zero-order chi connectivity index (χ0) is 33.9. The van der Waals surface area contributed by atoms with E-state index in [-0.39, 0.29) is 94.8 Å². The first kappa shape index (κ1) is 49.5. The van der Waals surface area contributed by atoms with E-state index in [0.717, 1.165) is 48.3 Å². The number of fused-ring (bicyclic) bond motifs is 5. The van der Waals surface area contributed by atoms with Gasteiger partial charge in [0.25, 0.3) is 0 Å². The molecule has 0 aromatic rings. The normalized spacial score (nSPS) is 34.8. The van der Waals surface area contributed by atoms with E-state index >= 15 is 0 Å². The molecule has 0 radical (unpaired) electrons. The average Bonchev–Trinajstić information content (AvgIpc) is 3.43. The van der Waals surface area contributed by atoms with E-state index in [1.54, 1.807) is 5.57 Å². The fourth-order valence-electron chi connectivity index (χ4n) is 9.49. The third-order valence-corrected chi connectivity index (χ3v) is 11.8. The van der Waals surface area contributed by atoms with Gasteiger partial charge in [-0.3, -0.25) is 0 Å². The second kappa shape index (κ2) is 20.8. The maximum Gasteiger partial charge on any atom is 1.00 e. The molecule has 0 saturated heterocycles. The monoisotopic (exact) mass is 726 g/mol. The zero-order valence-corrected chi connectivity index (χ0v) is 37.3.